The Kier molecular flexibility index (Phi) is 8.00. The monoisotopic (exact) mass is 456 g/mol. The minimum atomic E-state index is -0.789. The first-order valence-electron chi connectivity index (χ1n) is 9.82. The molecule has 0 spiro atoms. The number of hydrogen-bond acceptors (Lipinski definition) is 6. The second kappa shape index (κ2) is 11.1. The van der Waals surface area contributed by atoms with Crippen LogP contribution in [0, 0.1) is 28.8 Å². The molecule has 0 bridgehead atoms. The summed E-state index contributed by atoms with van der Waals surface area (Å²) in [7, 11) is 1.45. The van der Waals surface area contributed by atoms with E-state index >= 15 is 0 Å². The maximum absolute atomic E-state index is 14.7. The van der Waals surface area contributed by atoms with E-state index in [9.17, 15) is 18.0 Å². The molecule has 0 N–H and O–H groups in total. The minimum absolute atomic E-state index is 0.0145. The second-order valence-electron chi connectivity index (χ2n) is 6.88. The van der Waals surface area contributed by atoms with Gasteiger partial charge in [-0.05, 0) is 30.3 Å². The van der Waals surface area contributed by atoms with Crippen molar-refractivity contribution in [3.8, 4) is 23.2 Å². The third-order valence-corrected chi connectivity index (χ3v) is 4.58. The number of pyridine rings is 1. The van der Waals surface area contributed by atoms with Gasteiger partial charge in [0.2, 0.25) is 5.88 Å². The van der Waals surface area contributed by atoms with Crippen LogP contribution in [0.25, 0.3) is 11.3 Å². The first kappa shape index (κ1) is 23.8. The number of hydrogen-bond donors (Lipinski definition) is 0. The number of methoxy groups -OCH3 is 1. The Balaban J connectivity index is 1.73. The Morgan fingerprint density at radius 3 is 2.52 bits per heavy atom. The van der Waals surface area contributed by atoms with Crippen LogP contribution in [0.4, 0.5) is 13.2 Å². The van der Waals surface area contributed by atoms with Crippen molar-refractivity contribution in [1.82, 2.24) is 4.98 Å². The summed E-state index contributed by atoms with van der Waals surface area (Å²) in [5, 5.41) is 8.80. The van der Waals surface area contributed by atoms with Gasteiger partial charge in [-0.15, -0.1) is 0 Å². The number of nitrogens with zero attached hydrogens (tertiary/aromatic N) is 2. The minimum Gasteiger partial charge on any atom is -0.473 e. The van der Waals surface area contributed by atoms with Gasteiger partial charge in [0.05, 0.1) is 30.4 Å². The van der Waals surface area contributed by atoms with Crippen molar-refractivity contribution in [2.24, 2.45) is 0 Å². The summed E-state index contributed by atoms with van der Waals surface area (Å²) < 4.78 is 58.3. The fraction of sp³-hybridized carbons (Fsp3) is 0.208. The van der Waals surface area contributed by atoms with E-state index in [4.69, 9.17) is 19.5 Å². The molecular weight excluding hydrogens is 437 g/mol. The molecule has 9 heteroatoms. The highest BCUT2D eigenvalue weighted by atomic mass is 19.1. The van der Waals surface area contributed by atoms with E-state index in [-0.39, 0.29) is 53.6 Å². The molecule has 3 aromatic rings. The lowest BCUT2D eigenvalue weighted by Crippen LogP contribution is -2.13. The van der Waals surface area contributed by atoms with Gasteiger partial charge in [-0.2, -0.15) is 5.26 Å². The van der Waals surface area contributed by atoms with Crippen LogP contribution in [0.2, 0.25) is 0 Å². The molecule has 6 nitrogen and oxygen atoms in total. The lowest BCUT2D eigenvalue weighted by atomic mass is 10.0. The van der Waals surface area contributed by atoms with E-state index in [0.29, 0.717) is 0 Å². The van der Waals surface area contributed by atoms with Gasteiger partial charge < -0.3 is 14.2 Å². The molecule has 170 valence electrons. The van der Waals surface area contributed by atoms with E-state index in [0.717, 1.165) is 18.2 Å². The van der Waals surface area contributed by atoms with Crippen molar-refractivity contribution in [2.45, 2.75) is 13.0 Å². The molecule has 0 unspecified atom stereocenters. The van der Waals surface area contributed by atoms with Crippen LogP contribution in [0.5, 0.6) is 5.88 Å². The molecule has 0 fully saturated rings. The van der Waals surface area contributed by atoms with Gasteiger partial charge in [-0.3, -0.25) is 4.79 Å². The maximum atomic E-state index is 14.7. The van der Waals surface area contributed by atoms with E-state index in [1.54, 1.807) is 0 Å². The first-order chi connectivity index (χ1) is 15.9. The van der Waals surface area contributed by atoms with Crippen LogP contribution in [0.1, 0.15) is 16.7 Å². The molecular formula is C24H19F3N2O4. The van der Waals surface area contributed by atoms with Gasteiger partial charge in [-0.1, -0.05) is 12.1 Å². The van der Waals surface area contributed by atoms with Crippen molar-refractivity contribution >= 4 is 5.97 Å². The molecule has 0 saturated carbocycles. The van der Waals surface area contributed by atoms with Crippen LogP contribution < -0.4 is 4.74 Å². The zero-order chi connectivity index (χ0) is 23.8. The van der Waals surface area contributed by atoms with Crippen molar-refractivity contribution in [2.75, 3.05) is 20.3 Å². The van der Waals surface area contributed by atoms with Gasteiger partial charge >= 0.3 is 5.97 Å². The molecule has 0 saturated heterocycles. The lowest BCUT2D eigenvalue weighted by molar-refractivity contribution is -0.144. The summed E-state index contributed by atoms with van der Waals surface area (Å²) in [6.45, 7) is 0.0407. The highest BCUT2D eigenvalue weighted by molar-refractivity contribution is 5.73. The predicted molar refractivity (Wildman–Crippen MR) is 112 cm³/mol. The lowest BCUT2D eigenvalue weighted by Gasteiger charge is -2.10. The Labute approximate surface area is 188 Å². The molecule has 1 aromatic heterocycles. The number of nitriles is 1. The Morgan fingerprint density at radius 1 is 1.00 bits per heavy atom. The smallest absolute Gasteiger partial charge is 0.310 e. The number of aromatic nitrogens is 1. The first-order valence-corrected chi connectivity index (χ1v) is 9.82. The van der Waals surface area contributed by atoms with Gasteiger partial charge in [0.15, 0.2) is 0 Å². The molecule has 0 aliphatic heterocycles. The zero-order valence-electron chi connectivity index (χ0n) is 17.6. The quantitative estimate of drug-likeness (QED) is 0.352. The number of ether oxygens (including phenoxy) is 3. The van der Waals surface area contributed by atoms with Crippen LogP contribution in [-0.2, 0) is 27.3 Å². The Morgan fingerprint density at radius 2 is 1.79 bits per heavy atom. The standard InChI is InChI=1S/C24H19F3N2O4/c1-31-7-8-32-24(30)11-17-10-21(27)18(12-20(17)26)22-3-2-4-23(29-22)33-14-16-6-5-15(13-28)9-19(16)25/h2-6,9-10,12H,7-8,11,14H2,1H3. The maximum Gasteiger partial charge on any atom is 0.310 e. The number of rotatable bonds is 9. The van der Waals surface area contributed by atoms with Crippen LogP contribution >= 0.6 is 0 Å². The molecule has 2 aromatic carbocycles. The molecule has 1 heterocycles. The van der Waals surface area contributed by atoms with Gasteiger partial charge in [0, 0.05) is 29.9 Å². The number of esters is 1. The average molecular weight is 456 g/mol. The number of carbonyl (C=O) groups excluding carboxylic acids is 1. The molecule has 0 radical (unpaired) electrons. The predicted octanol–water partition coefficient (Wildman–Crippen LogP) is 4.35. The molecule has 0 amide bonds. The number of halogens is 3. The molecule has 0 atom stereocenters. The van der Waals surface area contributed by atoms with Gasteiger partial charge in [0.25, 0.3) is 0 Å². The molecule has 0 aliphatic rings. The average Bonchev–Trinajstić information content (AvgIpc) is 2.80. The highest BCUT2D eigenvalue weighted by Crippen LogP contribution is 2.26. The molecule has 3 rings (SSSR count). The summed E-state index contributed by atoms with van der Waals surface area (Å²) in [6.07, 6.45) is -0.431. The topological polar surface area (TPSA) is 81.4 Å². The van der Waals surface area contributed by atoms with Crippen molar-refractivity contribution < 1.29 is 32.2 Å². The van der Waals surface area contributed by atoms with Gasteiger partial charge in [0.1, 0.15) is 30.7 Å². The summed E-state index contributed by atoms with van der Waals surface area (Å²) in [4.78, 5) is 15.9. The largest absolute Gasteiger partial charge is 0.473 e. The van der Waals surface area contributed by atoms with E-state index < -0.39 is 29.8 Å². The fourth-order valence-electron chi connectivity index (χ4n) is 2.90. The third-order valence-electron chi connectivity index (χ3n) is 4.58. The highest BCUT2D eigenvalue weighted by Gasteiger charge is 2.16. The molecule has 0 aliphatic carbocycles. The number of carbonyl (C=O) groups is 1. The van der Waals surface area contributed by atoms with Gasteiger partial charge in [-0.25, -0.2) is 18.2 Å². The van der Waals surface area contributed by atoms with Crippen molar-refractivity contribution in [3.05, 3.63) is 82.7 Å². The van der Waals surface area contributed by atoms with Crippen molar-refractivity contribution in [1.29, 1.82) is 5.26 Å². The van der Waals surface area contributed by atoms with Crippen molar-refractivity contribution in [3.63, 3.8) is 0 Å². The number of benzene rings is 2. The summed E-state index contributed by atoms with van der Waals surface area (Å²) in [5.74, 6) is -2.81. The van der Waals surface area contributed by atoms with E-state index in [2.05, 4.69) is 4.98 Å². The Bertz CT molecular complexity index is 1190. The SMILES string of the molecule is COCCOC(=O)Cc1cc(F)c(-c2cccc(OCc3ccc(C#N)cc3F)n2)cc1F. The second-order valence-corrected chi connectivity index (χ2v) is 6.88. The van der Waals surface area contributed by atoms with E-state index in [1.165, 1.54) is 37.4 Å². The summed E-state index contributed by atoms with van der Waals surface area (Å²) in [6, 6.07) is 12.2. The van der Waals surface area contributed by atoms with Crippen LogP contribution in [0.15, 0.2) is 48.5 Å². The van der Waals surface area contributed by atoms with Crippen LogP contribution in [-0.4, -0.2) is 31.3 Å². The van der Waals surface area contributed by atoms with E-state index in [1.807, 2.05) is 6.07 Å². The van der Waals surface area contributed by atoms with Crippen LogP contribution in [0.3, 0.4) is 0 Å². The summed E-state index contributed by atoms with van der Waals surface area (Å²) >= 11 is 0. The normalized spacial score (nSPS) is 10.5. The fourth-order valence-corrected chi connectivity index (χ4v) is 2.90. The molecule has 33 heavy (non-hydrogen) atoms. The zero-order valence-corrected chi connectivity index (χ0v) is 17.6. The summed E-state index contributed by atoms with van der Waals surface area (Å²) in [5.41, 5.74) is 0.209. The Hall–Kier alpha value is -3.90. The third kappa shape index (κ3) is 6.30.